The first kappa shape index (κ1) is 8.31. The Labute approximate surface area is 85.2 Å². The van der Waals surface area contributed by atoms with E-state index < -0.39 is 0 Å². The molecule has 0 radical (unpaired) electrons. The van der Waals surface area contributed by atoms with Gasteiger partial charge in [-0.2, -0.15) is 9.61 Å². The van der Waals surface area contributed by atoms with Crippen molar-refractivity contribution >= 4 is 16.3 Å². The Morgan fingerprint density at radius 3 is 3.29 bits per heavy atom. The van der Waals surface area contributed by atoms with Crippen molar-refractivity contribution in [3.63, 3.8) is 0 Å². The highest BCUT2D eigenvalue weighted by Crippen LogP contribution is 2.31. The third-order valence-electron chi connectivity index (χ3n) is 2.70. The Morgan fingerprint density at radius 2 is 2.57 bits per heavy atom. The van der Waals surface area contributed by atoms with Crippen molar-refractivity contribution in [2.45, 2.75) is 19.4 Å². The molecular weight excluding hydrogens is 198 g/mol. The fourth-order valence-corrected chi connectivity index (χ4v) is 2.89. The lowest BCUT2D eigenvalue weighted by Gasteiger charge is -2.10. The number of hydrogen-bond acceptors (Lipinski definition) is 5. The van der Waals surface area contributed by atoms with Gasteiger partial charge in [-0.05, 0) is 18.9 Å². The zero-order chi connectivity index (χ0) is 9.54. The largest absolute Gasteiger partial charge is 0.308 e. The zero-order valence-electron chi connectivity index (χ0n) is 7.84. The predicted octanol–water partition coefficient (Wildman–Crippen LogP) is 0.856. The Balaban J connectivity index is 2.01. The van der Waals surface area contributed by atoms with E-state index in [9.17, 15) is 0 Å². The van der Waals surface area contributed by atoms with E-state index in [1.165, 1.54) is 6.42 Å². The normalized spacial score (nSPS) is 27.5. The van der Waals surface area contributed by atoms with Gasteiger partial charge in [0.2, 0.25) is 4.96 Å². The molecule has 1 fully saturated rings. The van der Waals surface area contributed by atoms with Gasteiger partial charge in [-0.25, -0.2) is 0 Å². The van der Waals surface area contributed by atoms with Crippen molar-refractivity contribution in [2.75, 3.05) is 6.54 Å². The molecule has 0 amide bonds. The number of nitrogens with one attached hydrogen (secondary N) is 1. The van der Waals surface area contributed by atoms with Crippen LogP contribution in [-0.4, -0.2) is 26.4 Å². The minimum atomic E-state index is 0.404. The number of fused-ring (bicyclic) bond motifs is 1. The van der Waals surface area contributed by atoms with Gasteiger partial charge in [-0.1, -0.05) is 18.3 Å². The monoisotopic (exact) mass is 209 g/mol. The second kappa shape index (κ2) is 2.99. The molecule has 1 saturated heterocycles. The number of rotatable bonds is 1. The van der Waals surface area contributed by atoms with Gasteiger partial charge in [0, 0.05) is 0 Å². The van der Waals surface area contributed by atoms with Crippen molar-refractivity contribution in [3.8, 4) is 0 Å². The molecule has 0 aromatic carbocycles. The van der Waals surface area contributed by atoms with Gasteiger partial charge in [0.1, 0.15) is 11.3 Å². The molecule has 6 heteroatoms. The standard InChI is InChI=1S/C8H11N5S/c1-5-2-3-9-6(5)7-12-13-4-10-11-8(13)14-7/h4-6,9H,2-3H2,1H3. The van der Waals surface area contributed by atoms with Gasteiger partial charge in [-0.15, -0.1) is 10.2 Å². The van der Waals surface area contributed by atoms with Gasteiger partial charge in [0.15, 0.2) is 0 Å². The molecule has 74 valence electrons. The van der Waals surface area contributed by atoms with Crippen LogP contribution in [0, 0.1) is 5.92 Å². The van der Waals surface area contributed by atoms with Crippen LogP contribution in [0.25, 0.3) is 4.96 Å². The van der Waals surface area contributed by atoms with E-state index in [1.807, 2.05) is 0 Å². The summed E-state index contributed by atoms with van der Waals surface area (Å²) in [6.45, 7) is 3.35. The Kier molecular flexibility index (Phi) is 1.78. The summed E-state index contributed by atoms with van der Waals surface area (Å²) < 4.78 is 1.74. The number of hydrogen-bond donors (Lipinski definition) is 1. The summed E-state index contributed by atoms with van der Waals surface area (Å²) in [6, 6.07) is 0.404. The molecule has 1 aliphatic heterocycles. The molecule has 2 atom stereocenters. The van der Waals surface area contributed by atoms with Crippen LogP contribution in [0.5, 0.6) is 0 Å². The van der Waals surface area contributed by atoms with E-state index in [-0.39, 0.29) is 0 Å². The molecule has 14 heavy (non-hydrogen) atoms. The molecule has 1 aliphatic rings. The van der Waals surface area contributed by atoms with E-state index in [4.69, 9.17) is 0 Å². The lowest BCUT2D eigenvalue weighted by atomic mass is 10.0. The Bertz CT molecular complexity index is 419. The molecule has 1 N–H and O–H groups in total. The maximum Gasteiger partial charge on any atom is 0.234 e. The summed E-state index contributed by atoms with van der Waals surface area (Å²) >= 11 is 1.62. The van der Waals surface area contributed by atoms with Crippen molar-refractivity contribution in [2.24, 2.45) is 5.92 Å². The van der Waals surface area contributed by atoms with Crippen LogP contribution in [0.3, 0.4) is 0 Å². The lowest BCUT2D eigenvalue weighted by molar-refractivity contribution is 0.496. The first-order valence-corrected chi connectivity index (χ1v) is 5.56. The van der Waals surface area contributed by atoms with Gasteiger partial charge >= 0.3 is 0 Å². The fraction of sp³-hybridized carbons (Fsp3) is 0.625. The van der Waals surface area contributed by atoms with Crippen LogP contribution in [-0.2, 0) is 0 Å². The Morgan fingerprint density at radius 1 is 1.64 bits per heavy atom. The van der Waals surface area contributed by atoms with Gasteiger partial charge in [-0.3, -0.25) is 0 Å². The molecule has 3 heterocycles. The third-order valence-corrected chi connectivity index (χ3v) is 3.70. The highest BCUT2D eigenvalue weighted by molar-refractivity contribution is 7.16. The van der Waals surface area contributed by atoms with E-state index in [0.717, 1.165) is 16.5 Å². The summed E-state index contributed by atoms with van der Waals surface area (Å²) in [6.07, 6.45) is 2.87. The molecule has 0 saturated carbocycles. The highest BCUT2D eigenvalue weighted by Gasteiger charge is 2.27. The first-order valence-electron chi connectivity index (χ1n) is 4.75. The molecule has 0 bridgehead atoms. The van der Waals surface area contributed by atoms with E-state index in [0.29, 0.717) is 12.0 Å². The minimum absolute atomic E-state index is 0.404. The maximum atomic E-state index is 4.45. The van der Waals surface area contributed by atoms with Crippen LogP contribution in [0.1, 0.15) is 24.4 Å². The number of aromatic nitrogens is 4. The average molecular weight is 209 g/mol. The second-order valence-corrected chi connectivity index (χ2v) is 4.68. The van der Waals surface area contributed by atoms with Gasteiger partial charge < -0.3 is 5.32 Å². The third kappa shape index (κ3) is 1.14. The summed E-state index contributed by atoms with van der Waals surface area (Å²) in [4.78, 5) is 0.876. The molecule has 2 unspecified atom stereocenters. The molecule has 0 aliphatic carbocycles. The maximum absolute atomic E-state index is 4.45. The fourth-order valence-electron chi connectivity index (χ4n) is 1.87. The van der Waals surface area contributed by atoms with Crippen LogP contribution < -0.4 is 5.32 Å². The topological polar surface area (TPSA) is 55.1 Å². The van der Waals surface area contributed by atoms with Crippen LogP contribution in [0.4, 0.5) is 0 Å². The molecule has 2 aromatic heterocycles. The first-order chi connectivity index (χ1) is 6.84. The summed E-state index contributed by atoms with van der Waals surface area (Å²) in [7, 11) is 0. The van der Waals surface area contributed by atoms with E-state index in [2.05, 4.69) is 27.5 Å². The zero-order valence-corrected chi connectivity index (χ0v) is 8.66. The van der Waals surface area contributed by atoms with Crippen LogP contribution in [0.2, 0.25) is 0 Å². The van der Waals surface area contributed by atoms with E-state index >= 15 is 0 Å². The average Bonchev–Trinajstić information content (AvgIpc) is 2.75. The van der Waals surface area contributed by atoms with Crippen LogP contribution >= 0.6 is 11.3 Å². The van der Waals surface area contributed by atoms with Gasteiger partial charge in [0.05, 0.1) is 6.04 Å². The van der Waals surface area contributed by atoms with Crippen molar-refractivity contribution in [1.29, 1.82) is 0 Å². The van der Waals surface area contributed by atoms with Crippen molar-refractivity contribution in [1.82, 2.24) is 25.1 Å². The second-order valence-electron chi connectivity index (χ2n) is 3.70. The molecular formula is C8H11N5S. The quantitative estimate of drug-likeness (QED) is 0.756. The Hall–Kier alpha value is -1.01. The molecule has 5 nitrogen and oxygen atoms in total. The van der Waals surface area contributed by atoms with E-state index in [1.54, 1.807) is 22.2 Å². The smallest absolute Gasteiger partial charge is 0.234 e. The highest BCUT2D eigenvalue weighted by atomic mass is 32.1. The SMILES string of the molecule is CC1CCNC1c1nn2cnnc2s1. The molecule has 2 aromatic rings. The summed E-state index contributed by atoms with van der Waals surface area (Å²) in [5.41, 5.74) is 0. The lowest BCUT2D eigenvalue weighted by Crippen LogP contribution is -2.16. The van der Waals surface area contributed by atoms with Crippen molar-refractivity contribution < 1.29 is 0 Å². The molecule has 3 rings (SSSR count). The summed E-state index contributed by atoms with van der Waals surface area (Å²) in [5.74, 6) is 0.666. The van der Waals surface area contributed by atoms with Gasteiger partial charge in [0.25, 0.3) is 0 Å². The molecule has 0 spiro atoms. The minimum Gasteiger partial charge on any atom is -0.308 e. The predicted molar refractivity (Wildman–Crippen MR) is 53.2 cm³/mol. The van der Waals surface area contributed by atoms with Crippen molar-refractivity contribution in [3.05, 3.63) is 11.3 Å². The summed E-state index contributed by atoms with van der Waals surface area (Å²) in [5, 5.41) is 16.8. The number of nitrogens with zero attached hydrogens (tertiary/aromatic N) is 4. The van der Waals surface area contributed by atoms with Crippen LogP contribution in [0.15, 0.2) is 6.33 Å².